The number of hydrogen-bond acceptors (Lipinski definition) is 2. The van der Waals surface area contributed by atoms with Crippen molar-refractivity contribution in [2.24, 2.45) is 0 Å². The number of hydrogen-bond donors (Lipinski definition) is 1. The third-order valence-electron chi connectivity index (χ3n) is 3.49. The van der Waals surface area contributed by atoms with Crippen LogP contribution in [-0.4, -0.2) is 10.6 Å². The number of rotatable bonds is 5. The molecule has 1 N–H and O–H groups in total. The van der Waals surface area contributed by atoms with Crippen molar-refractivity contribution >= 4 is 22.2 Å². The van der Waals surface area contributed by atoms with Crippen molar-refractivity contribution in [1.29, 1.82) is 0 Å². The number of nitrogens with zero attached hydrogens (tertiary/aromatic N) is 1. The Hall–Kier alpha value is -1.58. The lowest BCUT2D eigenvalue weighted by Crippen LogP contribution is -2.21. The molecule has 3 heteroatoms. The fourth-order valence-electron chi connectivity index (χ4n) is 2.38. The number of aromatic nitrogens is 1. The third-order valence-corrected chi connectivity index (χ3v) is 4.22. The average molecular weight is 284 g/mol. The Kier molecular flexibility index (Phi) is 3.90. The Balaban J connectivity index is 1.87. The zero-order chi connectivity index (χ0) is 13.9. The van der Waals surface area contributed by atoms with Crippen molar-refractivity contribution in [2.75, 3.05) is 0 Å². The van der Waals surface area contributed by atoms with Crippen LogP contribution in [0.1, 0.15) is 25.0 Å². The molecule has 0 amide bonds. The summed E-state index contributed by atoms with van der Waals surface area (Å²) < 4.78 is 2.33. The fourth-order valence-corrected chi connectivity index (χ4v) is 3.04. The molecule has 3 rings (SSSR count). The zero-order valence-electron chi connectivity index (χ0n) is 12.0. The summed E-state index contributed by atoms with van der Waals surface area (Å²) in [6.07, 6.45) is 2.18. The topological polar surface area (TPSA) is 17.0 Å². The lowest BCUT2D eigenvalue weighted by atomic mass is 10.1. The number of fused-ring (bicyclic) bond motifs is 1. The van der Waals surface area contributed by atoms with E-state index in [1.54, 1.807) is 11.3 Å². The van der Waals surface area contributed by atoms with E-state index in [9.17, 15) is 0 Å². The van der Waals surface area contributed by atoms with E-state index in [1.807, 2.05) is 0 Å². The molecule has 0 bridgehead atoms. The normalized spacial score (nSPS) is 11.6. The second kappa shape index (κ2) is 5.81. The summed E-state index contributed by atoms with van der Waals surface area (Å²) in [6, 6.07) is 11.6. The van der Waals surface area contributed by atoms with Gasteiger partial charge in [0.2, 0.25) is 0 Å². The van der Waals surface area contributed by atoms with Gasteiger partial charge in [-0.15, -0.1) is 0 Å². The van der Waals surface area contributed by atoms with Crippen LogP contribution < -0.4 is 5.32 Å². The van der Waals surface area contributed by atoms with Gasteiger partial charge in [0.1, 0.15) is 0 Å². The van der Waals surface area contributed by atoms with Crippen molar-refractivity contribution in [1.82, 2.24) is 9.88 Å². The summed E-state index contributed by atoms with van der Waals surface area (Å²) in [7, 11) is 0. The predicted molar refractivity (Wildman–Crippen MR) is 87.3 cm³/mol. The van der Waals surface area contributed by atoms with Crippen LogP contribution >= 0.6 is 11.3 Å². The number of nitrogens with one attached hydrogen (secondary N) is 1. The van der Waals surface area contributed by atoms with Crippen molar-refractivity contribution in [3.8, 4) is 0 Å². The maximum absolute atomic E-state index is 3.48. The second-order valence-electron chi connectivity index (χ2n) is 5.50. The van der Waals surface area contributed by atoms with Crippen LogP contribution in [0.2, 0.25) is 0 Å². The van der Waals surface area contributed by atoms with E-state index in [4.69, 9.17) is 0 Å². The van der Waals surface area contributed by atoms with E-state index in [-0.39, 0.29) is 0 Å². The third kappa shape index (κ3) is 2.94. The van der Waals surface area contributed by atoms with Gasteiger partial charge >= 0.3 is 0 Å². The number of benzene rings is 1. The molecule has 0 unspecified atom stereocenters. The maximum Gasteiger partial charge on any atom is 0.0486 e. The highest BCUT2D eigenvalue weighted by Gasteiger charge is 2.04. The molecule has 0 atom stereocenters. The van der Waals surface area contributed by atoms with E-state index in [1.165, 1.54) is 22.0 Å². The Labute approximate surface area is 124 Å². The van der Waals surface area contributed by atoms with Crippen LogP contribution in [-0.2, 0) is 13.1 Å². The van der Waals surface area contributed by atoms with Crippen LogP contribution in [0.4, 0.5) is 0 Å². The fraction of sp³-hybridized carbons (Fsp3) is 0.294. The van der Waals surface area contributed by atoms with Crippen molar-refractivity contribution in [3.63, 3.8) is 0 Å². The quantitative estimate of drug-likeness (QED) is 0.741. The minimum absolute atomic E-state index is 0.517. The summed E-state index contributed by atoms with van der Waals surface area (Å²) in [5.41, 5.74) is 4.04. The first-order valence-electron chi connectivity index (χ1n) is 7.04. The molecule has 1 aromatic carbocycles. The van der Waals surface area contributed by atoms with E-state index in [0.717, 1.165) is 13.1 Å². The van der Waals surface area contributed by atoms with Gasteiger partial charge in [0.25, 0.3) is 0 Å². The Morgan fingerprint density at radius 3 is 2.80 bits per heavy atom. The molecule has 0 aliphatic heterocycles. The highest BCUT2D eigenvalue weighted by molar-refractivity contribution is 7.07. The predicted octanol–water partition coefficient (Wildman–Crippen LogP) is 4.25. The minimum Gasteiger partial charge on any atom is -0.343 e. The SMILES string of the molecule is CC(C)NCc1ccc2ccn(Cc3ccsc3)c2c1. The van der Waals surface area contributed by atoms with Crippen molar-refractivity contribution < 1.29 is 0 Å². The molecule has 0 spiro atoms. The molecule has 2 nitrogen and oxygen atoms in total. The van der Waals surface area contributed by atoms with Crippen LogP contribution in [0.5, 0.6) is 0 Å². The summed E-state index contributed by atoms with van der Waals surface area (Å²) in [5, 5.41) is 9.15. The average Bonchev–Trinajstić information content (AvgIpc) is 3.07. The monoisotopic (exact) mass is 284 g/mol. The van der Waals surface area contributed by atoms with Gasteiger partial charge in [0.15, 0.2) is 0 Å². The van der Waals surface area contributed by atoms with Gasteiger partial charge in [-0.05, 0) is 45.5 Å². The van der Waals surface area contributed by atoms with E-state index >= 15 is 0 Å². The van der Waals surface area contributed by atoms with Crippen LogP contribution in [0.3, 0.4) is 0 Å². The molecule has 0 radical (unpaired) electrons. The van der Waals surface area contributed by atoms with Crippen LogP contribution in [0.25, 0.3) is 10.9 Å². The summed E-state index contributed by atoms with van der Waals surface area (Å²) in [5.74, 6) is 0. The van der Waals surface area contributed by atoms with E-state index < -0.39 is 0 Å². The lowest BCUT2D eigenvalue weighted by molar-refractivity contribution is 0.589. The number of thiophene rings is 1. The molecule has 0 aliphatic carbocycles. The molecular weight excluding hydrogens is 264 g/mol. The van der Waals surface area contributed by atoms with Gasteiger partial charge in [0, 0.05) is 30.8 Å². The molecule has 20 heavy (non-hydrogen) atoms. The zero-order valence-corrected chi connectivity index (χ0v) is 12.8. The Morgan fingerprint density at radius 2 is 2.05 bits per heavy atom. The van der Waals surface area contributed by atoms with Crippen LogP contribution in [0, 0.1) is 0 Å². The molecule has 3 aromatic rings. The molecular formula is C17H20N2S. The van der Waals surface area contributed by atoms with Gasteiger partial charge < -0.3 is 9.88 Å². The molecule has 2 heterocycles. The van der Waals surface area contributed by atoms with Gasteiger partial charge in [-0.25, -0.2) is 0 Å². The standard InChI is InChI=1S/C17H20N2S/c1-13(2)18-10-14-3-4-16-5-7-19(17(16)9-14)11-15-6-8-20-12-15/h3-9,12-13,18H,10-11H2,1-2H3. The van der Waals surface area contributed by atoms with E-state index in [0.29, 0.717) is 6.04 Å². The highest BCUT2D eigenvalue weighted by Crippen LogP contribution is 2.20. The first-order chi connectivity index (χ1) is 9.72. The summed E-state index contributed by atoms with van der Waals surface area (Å²) in [4.78, 5) is 0. The van der Waals surface area contributed by atoms with Crippen molar-refractivity contribution in [2.45, 2.75) is 33.0 Å². The lowest BCUT2D eigenvalue weighted by Gasteiger charge is -2.09. The Bertz CT molecular complexity index is 680. The smallest absolute Gasteiger partial charge is 0.0486 e. The first-order valence-corrected chi connectivity index (χ1v) is 7.99. The van der Waals surface area contributed by atoms with E-state index in [2.05, 4.69) is 71.0 Å². The highest BCUT2D eigenvalue weighted by atomic mass is 32.1. The molecule has 0 saturated heterocycles. The molecule has 0 saturated carbocycles. The van der Waals surface area contributed by atoms with Gasteiger partial charge in [-0.3, -0.25) is 0 Å². The van der Waals surface area contributed by atoms with Gasteiger partial charge in [-0.2, -0.15) is 11.3 Å². The molecule has 104 valence electrons. The van der Waals surface area contributed by atoms with Crippen molar-refractivity contribution in [3.05, 3.63) is 58.4 Å². The molecule has 0 aliphatic rings. The van der Waals surface area contributed by atoms with Gasteiger partial charge in [-0.1, -0.05) is 26.0 Å². The second-order valence-corrected chi connectivity index (χ2v) is 6.28. The largest absolute Gasteiger partial charge is 0.343 e. The minimum atomic E-state index is 0.517. The summed E-state index contributed by atoms with van der Waals surface area (Å²) in [6.45, 7) is 6.24. The Morgan fingerprint density at radius 1 is 1.15 bits per heavy atom. The summed E-state index contributed by atoms with van der Waals surface area (Å²) >= 11 is 1.76. The maximum atomic E-state index is 3.48. The first kappa shape index (κ1) is 13.4. The van der Waals surface area contributed by atoms with Gasteiger partial charge in [0.05, 0.1) is 0 Å². The molecule has 2 aromatic heterocycles. The molecule has 0 fully saturated rings. The van der Waals surface area contributed by atoms with Crippen LogP contribution in [0.15, 0.2) is 47.3 Å².